The van der Waals surface area contributed by atoms with Crippen LogP contribution < -0.4 is 5.32 Å². The van der Waals surface area contributed by atoms with Crippen LogP contribution >= 0.6 is 0 Å². The van der Waals surface area contributed by atoms with Crippen LogP contribution in [0.3, 0.4) is 0 Å². The molecule has 4 heteroatoms. The van der Waals surface area contributed by atoms with Gasteiger partial charge >= 0.3 is 0 Å². The van der Waals surface area contributed by atoms with Crippen molar-refractivity contribution in [2.45, 2.75) is 13.0 Å². The molecule has 1 N–H and O–H groups in total. The summed E-state index contributed by atoms with van der Waals surface area (Å²) in [7, 11) is 5.53. The maximum Gasteiger partial charge on any atom is 0.163 e. The van der Waals surface area contributed by atoms with Crippen LogP contribution in [0.5, 0.6) is 0 Å². The van der Waals surface area contributed by atoms with Gasteiger partial charge in [0, 0.05) is 18.2 Å². The molecule has 1 unspecified atom stereocenters. The maximum absolute atomic E-state index is 13.7. The number of benzene rings is 1. The molecule has 1 rings (SSSR count). The zero-order valence-electron chi connectivity index (χ0n) is 10.1. The highest BCUT2D eigenvalue weighted by molar-refractivity contribution is 5.28. The molecule has 0 aromatic heterocycles. The fraction of sp³-hybridized carbons (Fsp3) is 0.500. The lowest BCUT2D eigenvalue weighted by Gasteiger charge is -2.21. The van der Waals surface area contributed by atoms with E-state index >= 15 is 0 Å². The Kier molecular flexibility index (Phi) is 4.38. The Balaban J connectivity index is 3.06. The van der Waals surface area contributed by atoms with Gasteiger partial charge < -0.3 is 10.2 Å². The molecule has 0 amide bonds. The number of nitrogens with zero attached hydrogens (tertiary/aromatic N) is 1. The lowest BCUT2D eigenvalue weighted by atomic mass is 10.0. The van der Waals surface area contributed by atoms with Crippen LogP contribution in [0.2, 0.25) is 0 Å². The predicted molar refractivity (Wildman–Crippen MR) is 61.4 cm³/mol. The largest absolute Gasteiger partial charge is 0.312 e. The Morgan fingerprint density at radius 2 is 1.88 bits per heavy atom. The van der Waals surface area contributed by atoms with Gasteiger partial charge in [-0.1, -0.05) is 12.1 Å². The van der Waals surface area contributed by atoms with Crippen LogP contribution in [-0.4, -0.2) is 32.6 Å². The molecule has 2 nitrogen and oxygen atoms in total. The Morgan fingerprint density at radius 3 is 2.38 bits per heavy atom. The Morgan fingerprint density at radius 1 is 1.25 bits per heavy atom. The average molecular weight is 228 g/mol. The second-order valence-corrected chi connectivity index (χ2v) is 4.20. The monoisotopic (exact) mass is 228 g/mol. The molecule has 16 heavy (non-hydrogen) atoms. The first-order valence-electron chi connectivity index (χ1n) is 5.23. The quantitative estimate of drug-likeness (QED) is 0.849. The summed E-state index contributed by atoms with van der Waals surface area (Å²) in [6.07, 6.45) is 0. The molecule has 0 bridgehead atoms. The molecular weight excluding hydrogens is 210 g/mol. The van der Waals surface area contributed by atoms with Crippen molar-refractivity contribution in [2.75, 3.05) is 27.7 Å². The molecule has 0 radical (unpaired) electrons. The predicted octanol–water partition coefficient (Wildman–Crippen LogP) is 2.10. The highest BCUT2D eigenvalue weighted by Crippen LogP contribution is 2.21. The van der Waals surface area contributed by atoms with Gasteiger partial charge in [-0.25, -0.2) is 8.78 Å². The van der Waals surface area contributed by atoms with Crippen LogP contribution in [0.25, 0.3) is 0 Å². The molecular formula is C12H18F2N2. The lowest BCUT2D eigenvalue weighted by Crippen LogP contribution is -2.29. The van der Waals surface area contributed by atoms with E-state index in [2.05, 4.69) is 5.32 Å². The number of aryl methyl sites for hydroxylation is 1. The molecule has 1 aromatic carbocycles. The minimum absolute atomic E-state index is 0.204. The lowest BCUT2D eigenvalue weighted by molar-refractivity contribution is 0.344. The number of rotatable bonds is 4. The van der Waals surface area contributed by atoms with Gasteiger partial charge in [0.2, 0.25) is 0 Å². The summed E-state index contributed by atoms with van der Waals surface area (Å²) in [5.41, 5.74) is 0.709. The van der Waals surface area contributed by atoms with Crippen molar-refractivity contribution in [2.24, 2.45) is 0 Å². The van der Waals surface area contributed by atoms with Crippen molar-refractivity contribution < 1.29 is 8.78 Å². The molecule has 1 atom stereocenters. The van der Waals surface area contributed by atoms with Gasteiger partial charge in [-0.15, -0.1) is 0 Å². The van der Waals surface area contributed by atoms with Gasteiger partial charge in [0.05, 0.1) is 0 Å². The highest BCUT2D eigenvalue weighted by Gasteiger charge is 2.18. The van der Waals surface area contributed by atoms with Crippen molar-refractivity contribution in [3.8, 4) is 0 Å². The van der Waals surface area contributed by atoms with Crippen molar-refractivity contribution in [1.82, 2.24) is 10.2 Å². The number of hydrogen-bond acceptors (Lipinski definition) is 2. The number of likely N-dealkylation sites (N-methyl/N-ethyl adjacent to an activating group) is 2. The highest BCUT2D eigenvalue weighted by atomic mass is 19.2. The molecule has 0 aliphatic carbocycles. The summed E-state index contributed by atoms with van der Waals surface area (Å²) in [5.74, 6) is -1.50. The van der Waals surface area contributed by atoms with Gasteiger partial charge in [0.25, 0.3) is 0 Å². The van der Waals surface area contributed by atoms with E-state index in [-0.39, 0.29) is 6.04 Å². The molecule has 1 aromatic rings. The second-order valence-electron chi connectivity index (χ2n) is 4.20. The zero-order valence-corrected chi connectivity index (χ0v) is 10.1. The van der Waals surface area contributed by atoms with Crippen molar-refractivity contribution in [3.63, 3.8) is 0 Å². The summed E-state index contributed by atoms with van der Waals surface area (Å²) in [6.45, 7) is 2.18. The first-order valence-corrected chi connectivity index (χ1v) is 5.23. The summed E-state index contributed by atoms with van der Waals surface area (Å²) in [5, 5.41) is 2.99. The molecule has 0 spiro atoms. The topological polar surface area (TPSA) is 15.3 Å². The number of halogens is 2. The summed E-state index contributed by atoms with van der Waals surface area (Å²) >= 11 is 0. The van der Waals surface area contributed by atoms with Crippen LogP contribution in [0.1, 0.15) is 17.2 Å². The second kappa shape index (κ2) is 5.37. The molecule has 0 saturated heterocycles. The van der Waals surface area contributed by atoms with E-state index in [1.165, 1.54) is 0 Å². The molecule has 0 aliphatic heterocycles. The van der Waals surface area contributed by atoms with Crippen LogP contribution in [0.4, 0.5) is 8.78 Å². The fourth-order valence-corrected chi connectivity index (χ4v) is 1.64. The van der Waals surface area contributed by atoms with E-state index in [4.69, 9.17) is 0 Å². The summed E-state index contributed by atoms with van der Waals surface area (Å²) in [6, 6.07) is 3.04. The smallest absolute Gasteiger partial charge is 0.163 e. The standard InChI is InChI=1S/C12H18F2N2/c1-8-5-6-9(12(14)11(8)13)10(15-2)7-16(3)4/h5-6,10,15H,7H2,1-4H3. The molecule has 0 aliphatic rings. The van der Waals surface area contributed by atoms with Crippen molar-refractivity contribution in [1.29, 1.82) is 0 Å². The van der Waals surface area contributed by atoms with Crippen LogP contribution in [0, 0.1) is 18.6 Å². The van der Waals surface area contributed by atoms with Gasteiger partial charge in [-0.3, -0.25) is 0 Å². The Bertz CT molecular complexity index is 364. The Hall–Kier alpha value is -1.00. The SMILES string of the molecule is CNC(CN(C)C)c1ccc(C)c(F)c1F. The first kappa shape index (κ1) is 13.1. The minimum atomic E-state index is -0.753. The third-order valence-corrected chi connectivity index (χ3v) is 2.58. The van der Waals surface area contributed by atoms with Gasteiger partial charge in [0.1, 0.15) is 0 Å². The fourth-order valence-electron chi connectivity index (χ4n) is 1.64. The molecule has 90 valence electrons. The summed E-state index contributed by atoms with van der Waals surface area (Å²) in [4.78, 5) is 1.93. The third kappa shape index (κ3) is 2.77. The Labute approximate surface area is 95.3 Å². The average Bonchev–Trinajstić information content (AvgIpc) is 2.23. The van der Waals surface area contributed by atoms with E-state index in [0.717, 1.165) is 0 Å². The van der Waals surface area contributed by atoms with Gasteiger partial charge in [0.15, 0.2) is 11.6 Å². The van der Waals surface area contributed by atoms with E-state index in [1.54, 1.807) is 26.1 Å². The normalized spacial score (nSPS) is 13.2. The van der Waals surface area contributed by atoms with Gasteiger partial charge in [-0.05, 0) is 33.6 Å². The van der Waals surface area contributed by atoms with Gasteiger partial charge in [-0.2, -0.15) is 0 Å². The van der Waals surface area contributed by atoms with Crippen LogP contribution in [-0.2, 0) is 0 Å². The van der Waals surface area contributed by atoms with Crippen molar-refractivity contribution >= 4 is 0 Å². The number of nitrogens with one attached hydrogen (secondary N) is 1. The van der Waals surface area contributed by atoms with E-state index < -0.39 is 11.6 Å². The zero-order chi connectivity index (χ0) is 12.3. The van der Waals surface area contributed by atoms with E-state index in [9.17, 15) is 8.78 Å². The maximum atomic E-state index is 13.7. The molecule has 0 fully saturated rings. The first-order chi connectivity index (χ1) is 7.47. The van der Waals surface area contributed by atoms with E-state index in [1.807, 2.05) is 19.0 Å². The van der Waals surface area contributed by atoms with Crippen molar-refractivity contribution in [3.05, 3.63) is 34.9 Å². The number of hydrogen-bond donors (Lipinski definition) is 1. The van der Waals surface area contributed by atoms with E-state index in [0.29, 0.717) is 17.7 Å². The molecule has 0 saturated carbocycles. The third-order valence-electron chi connectivity index (χ3n) is 2.58. The molecule has 0 heterocycles. The summed E-state index contributed by atoms with van der Waals surface area (Å²) < 4.78 is 27.1. The minimum Gasteiger partial charge on any atom is -0.312 e. The van der Waals surface area contributed by atoms with Crippen LogP contribution in [0.15, 0.2) is 12.1 Å².